The maximum atomic E-state index is 7.92. The second-order valence-corrected chi connectivity index (χ2v) is 1.34. The van der Waals surface area contributed by atoms with Crippen LogP contribution in [0.25, 0.3) is 0 Å². The molecule has 0 saturated carbocycles. The minimum Gasteiger partial charge on any atom is -0.370 e. The average Bonchev–Trinajstić information content (AvgIpc) is 1.65. The van der Waals surface area contributed by atoms with Crippen molar-refractivity contribution in [2.24, 2.45) is 11.5 Å². The molecule has 5 heteroatoms. The number of guanidine groups is 1. The summed E-state index contributed by atoms with van der Waals surface area (Å²) in [7, 11) is 0. The van der Waals surface area contributed by atoms with Crippen molar-refractivity contribution in [3.8, 4) is 0 Å². The average molecular weight is 135 g/mol. The molecule has 0 aromatic carbocycles. The van der Waals surface area contributed by atoms with Gasteiger partial charge in [0.25, 0.3) is 0 Å². The van der Waals surface area contributed by atoms with Crippen molar-refractivity contribution in [2.75, 3.05) is 0 Å². The third-order valence-corrected chi connectivity index (χ3v) is 0.365. The van der Waals surface area contributed by atoms with Crippen molar-refractivity contribution in [3.63, 3.8) is 0 Å². The lowest BCUT2D eigenvalue weighted by atomic mass is 10.5. The SMILES string of the molecule is CCC(O)O.N=C(N)N. The molecule has 0 bridgehead atoms. The third kappa shape index (κ3) is 137. The molecule has 0 unspecified atom stereocenters. The van der Waals surface area contributed by atoms with Crippen LogP contribution >= 0.6 is 0 Å². The van der Waals surface area contributed by atoms with E-state index >= 15 is 0 Å². The largest absolute Gasteiger partial charge is 0.370 e. The number of hydrogen-bond acceptors (Lipinski definition) is 3. The third-order valence-electron chi connectivity index (χ3n) is 0.365. The first-order valence-corrected chi connectivity index (χ1v) is 2.46. The number of nitrogens with one attached hydrogen (secondary N) is 1. The molecule has 0 rings (SSSR count). The highest BCUT2D eigenvalue weighted by Crippen LogP contribution is 1.77. The zero-order valence-corrected chi connectivity index (χ0v) is 5.33. The highest BCUT2D eigenvalue weighted by atomic mass is 16.5. The van der Waals surface area contributed by atoms with Crippen molar-refractivity contribution in [2.45, 2.75) is 19.6 Å². The van der Waals surface area contributed by atoms with Crippen LogP contribution in [0.2, 0.25) is 0 Å². The summed E-state index contributed by atoms with van der Waals surface area (Å²) in [6.07, 6.45) is -0.699. The number of hydrogen-bond donors (Lipinski definition) is 5. The lowest BCUT2D eigenvalue weighted by Crippen LogP contribution is -2.20. The topological polar surface area (TPSA) is 116 Å². The van der Waals surface area contributed by atoms with Gasteiger partial charge < -0.3 is 21.7 Å². The van der Waals surface area contributed by atoms with Gasteiger partial charge in [-0.2, -0.15) is 0 Å². The van der Waals surface area contributed by atoms with E-state index in [0.29, 0.717) is 6.42 Å². The quantitative estimate of drug-likeness (QED) is 0.172. The number of nitrogens with two attached hydrogens (primary N) is 2. The van der Waals surface area contributed by atoms with Gasteiger partial charge in [0.05, 0.1) is 0 Å². The van der Waals surface area contributed by atoms with Crippen LogP contribution in [0, 0.1) is 5.41 Å². The van der Waals surface area contributed by atoms with E-state index in [1.807, 2.05) is 0 Å². The van der Waals surface area contributed by atoms with E-state index in [1.165, 1.54) is 0 Å². The van der Waals surface area contributed by atoms with E-state index in [1.54, 1.807) is 6.92 Å². The summed E-state index contributed by atoms with van der Waals surface area (Å²) >= 11 is 0. The van der Waals surface area contributed by atoms with E-state index in [0.717, 1.165) is 0 Å². The van der Waals surface area contributed by atoms with Gasteiger partial charge in [0.15, 0.2) is 12.2 Å². The fourth-order valence-corrected chi connectivity index (χ4v) is 0. The van der Waals surface area contributed by atoms with Gasteiger partial charge in [0.1, 0.15) is 0 Å². The van der Waals surface area contributed by atoms with E-state index in [4.69, 9.17) is 15.6 Å². The molecule has 56 valence electrons. The first kappa shape index (κ1) is 11.0. The molecule has 0 fully saturated rings. The first-order valence-electron chi connectivity index (χ1n) is 2.46. The lowest BCUT2D eigenvalue weighted by molar-refractivity contribution is -0.0413. The van der Waals surface area contributed by atoms with Crippen LogP contribution in [0.15, 0.2) is 0 Å². The van der Waals surface area contributed by atoms with Crippen LogP contribution in [0.3, 0.4) is 0 Å². The maximum absolute atomic E-state index is 7.92. The molecule has 0 aromatic rings. The molecule has 9 heavy (non-hydrogen) atoms. The number of aliphatic hydroxyl groups excluding tert-OH is 1. The second-order valence-electron chi connectivity index (χ2n) is 1.34. The van der Waals surface area contributed by atoms with Gasteiger partial charge in [-0.15, -0.1) is 0 Å². The van der Waals surface area contributed by atoms with Gasteiger partial charge in [-0.25, -0.2) is 0 Å². The summed E-state index contributed by atoms with van der Waals surface area (Å²) in [4.78, 5) is 0. The molecule has 0 spiro atoms. The molecule has 0 saturated heterocycles. The second kappa shape index (κ2) is 7.19. The fraction of sp³-hybridized carbons (Fsp3) is 0.750. The summed E-state index contributed by atoms with van der Waals surface area (Å²) in [6, 6.07) is 0. The molecule has 0 amide bonds. The van der Waals surface area contributed by atoms with E-state index < -0.39 is 6.29 Å². The molecule has 0 aliphatic heterocycles. The van der Waals surface area contributed by atoms with Gasteiger partial charge in [-0.3, -0.25) is 5.41 Å². The van der Waals surface area contributed by atoms with Crippen molar-refractivity contribution >= 4 is 5.96 Å². The molecule has 0 heterocycles. The minimum absolute atomic E-state index is 0.333. The van der Waals surface area contributed by atoms with Gasteiger partial charge in [-0.1, -0.05) is 6.92 Å². The highest BCUT2D eigenvalue weighted by molar-refractivity contribution is 5.71. The van der Waals surface area contributed by atoms with Crippen LogP contribution in [0.5, 0.6) is 0 Å². The Morgan fingerprint density at radius 3 is 1.67 bits per heavy atom. The van der Waals surface area contributed by atoms with Crippen molar-refractivity contribution in [1.29, 1.82) is 5.41 Å². The predicted octanol–water partition coefficient (Wildman–Crippen LogP) is -1.45. The van der Waals surface area contributed by atoms with Gasteiger partial charge in [0, 0.05) is 0 Å². The first-order chi connectivity index (χ1) is 4.00. The Morgan fingerprint density at radius 2 is 1.67 bits per heavy atom. The molecule has 7 N–H and O–H groups in total. The molecular formula is C4H13N3O2. The molecule has 0 aromatic heterocycles. The zero-order valence-electron chi connectivity index (χ0n) is 5.33. The number of aliphatic hydroxyl groups is 2. The normalized spacial score (nSPS) is 8.00. The Hall–Kier alpha value is -0.810. The van der Waals surface area contributed by atoms with E-state index in [9.17, 15) is 0 Å². The van der Waals surface area contributed by atoms with Crippen LogP contribution < -0.4 is 11.5 Å². The summed E-state index contributed by atoms with van der Waals surface area (Å²) < 4.78 is 0. The number of rotatable bonds is 1. The molecule has 5 nitrogen and oxygen atoms in total. The maximum Gasteiger partial charge on any atom is 0.183 e. The van der Waals surface area contributed by atoms with Crippen LogP contribution in [0.4, 0.5) is 0 Å². The Balaban J connectivity index is 0. The Morgan fingerprint density at radius 1 is 1.56 bits per heavy atom. The van der Waals surface area contributed by atoms with Gasteiger partial charge in [-0.05, 0) is 6.42 Å². The van der Waals surface area contributed by atoms with Crippen LogP contribution in [0.1, 0.15) is 13.3 Å². The molecular weight excluding hydrogens is 122 g/mol. The molecule has 0 aliphatic carbocycles. The molecule has 0 atom stereocenters. The highest BCUT2D eigenvalue weighted by Gasteiger charge is 1.83. The monoisotopic (exact) mass is 135 g/mol. The predicted molar refractivity (Wildman–Crippen MR) is 34.6 cm³/mol. The van der Waals surface area contributed by atoms with Crippen LogP contribution in [-0.2, 0) is 0 Å². The Bertz CT molecular complexity index is 70.2. The van der Waals surface area contributed by atoms with Gasteiger partial charge >= 0.3 is 0 Å². The van der Waals surface area contributed by atoms with Crippen LogP contribution in [-0.4, -0.2) is 22.5 Å². The Labute approximate surface area is 53.8 Å². The molecule has 0 radical (unpaired) electrons. The van der Waals surface area contributed by atoms with Crippen molar-refractivity contribution in [1.82, 2.24) is 0 Å². The standard InChI is InChI=1S/C3H8O2.CH5N3/c1-2-3(4)5;2-1(3)4/h3-5H,2H2,1H3;(H5,2,3,4). The Kier molecular flexibility index (Phi) is 8.83. The summed E-state index contributed by atoms with van der Waals surface area (Å²) in [6.45, 7) is 1.70. The van der Waals surface area contributed by atoms with E-state index in [2.05, 4.69) is 11.5 Å². The molecule has 0 aliphatic rings. The van der Waals surface area contributed by atoms with Crippen molar-refractivity contribution < 1.29 is 10.2 Å². The minimum atomic E-state index is -1.12. The summed E-state index contributed by atoms with van der Waals surface area (Å²) in [5.74, 6) is -0.333. The van der Waals surface area contributed by atoms with Gasteiger partial charge in [0.2, 0.25) is 0 Å². The van der Waals surface area contributed by atoms with E-state index in [-0.39, 0.29) is 5.96 Å². The fourth-order valence-electron chi connectivity index (χ4n) is 0. The lowest BCUT2D eigenvalue weighted by Gasteiger charge is -1.90. The summed E-state index contributed by atoms with van der Waals surface area (Å²) in [5.41, 5.74) is 8.94. The summed E-state index contributed by atoms with van der Waals surface area (Å²) in [5, 5.41) is 21.9. The zero-order chi connectivity index (χ0) is 7.86. The smallest absolute Gasteiger partial charge is 0.183 e. The van der Waals surface area contributed by atoms with Crippen molar-refractivity contribution in [3.05, 3.63) is 0 Å².